The van der Waals surface area contributed by atoms with Gasteiger partial charge in [-0.1, -0.05) is 12.1 Å². The molecule has 10 heteroatoms. The van der Waals surface area contributed by atoms with Gasteiger partial charge in [0.05, 0.1) is 21.0 Å². The van der Waals surface area contributed by atoms with E-state index >= 15 is 0 Å². The molecule has 4 rings (SSSR count). The molecule has 0 atom stereocenters. The van der Waals surface area contributed by atoms with E-state index in [2.05, 4.69) is 10.00 Å². The number of pyridine rings is 1. The van der Waals surface area contributed by atoms with Gasteiger partial charge in [0.15, 0.2) is 0 Å². The van der Waals surface area contributed by atoms with Crippen LogP contribution in [0.3, 0.4) is 0 Å². The number of nitro groups is 1. The first-order valence-corrected chi connectivity index (χ1v) is 10.7. The maximum Gasteiger partial charge on any atom is 0.270 e. The highest BCUT2D eigenvalue weighted by atomic mass is 32.2. The summed E-state index contributed by atoms with van der Waals surface area (Å²) in [4.78, 5) is 12.6. The Bertz CT molecular complexity index is 1130. The van der Waals surface area contributed by atoms with E-state index in [-0.39, 0.29) is 10.6 Å². The molecule has 1 aliphatic heterocycles. The van der Waals surface area contributed by atoms with Crippen molar-refractivity contribution in [3.63, 3.8) is 0 Å². The molecular weight excluding hydrogens is 394 g/mol. The Morgan fingerprint density at radius 3 is 2.55 bits per heavy atom. The van der Waals surface area contributed by atoms with Crippen LogP contribution in [0.25, 0.3) is 5.52 Å². The monoisotopic (exact) mass is 415 g/mol. The van der Waals surface area contributed by atoms with Crippen molar-refractivity contribution in [3.8, 4) is 0 Å². The third-order valence-electron chi connectivity index (χ3n) is 5.14. The topological polar surface area (TPSA) is 101 Å². The highest BCUT2D eigenvalue weighted by Crippen LogP contribution is 2.25. The summed E-state index contributed by atoms with van der Waals surface area (Å²) in [6.07, 6.45) is 1.89. The second-order valence-electron chi connectivity index (χ2n) is 7.09. The highest BCUT2D eigenvalue weighted by Gasteiger charge is 2.31. The lowest BCUT2D eigenvalue weighted by Crippen LogP contribution is -2.48. The Balaban J connectivity index is 1.46. The van der Waals surface area contributed by atoms with Gasteiger partial charge in [0.2, 0.25) is 10.0 Å². The van der Waals surface area contributed by atoms with Crippen molar-refractivity contribution in [2.75, 3.05) is 26.2 Å². The fourth-order valence-corrected chi connectivity index (χ4v) is 5.21. The number of benzene rings is 1. The van der Waals surface area contributed by atoms with Crippen molar-refractivity contribution in [1.82, 2.24) is 18.8 Å². The second-order valence-corrected chi connectivity index (χ2v) is 9.00. The normalized spacial score (nSPS) is 16.3. The molecule has 29 heavy (non-hydrogen) atoms. The maximum atomic E-state index is 13.0. The van der Waals surface area contributed by atoms with E-state index in [4.69, 9.17) is 0 Å². The van der Waals surface area contributed by atoms with E-state index in [1.165, 1.54) is 16.4 Å². The standard InChI is InChI=1S/C19H21N5O4S/c1-15-5-6-18(24(25)26)13-19(15)29(27,28)22-10-8-21(9-11-22)14-16-12-17-4-2-3-7-23(17)20-16/h2-7,12-13H,8-11,14H2,1H3. The predicted molar refractivity (Wildman–Crippen MR) is 107 cm³/mol. The first kappa shape index (κ1) is 19.5. The smallest absolute Gasteiger partial charge is 0.270 e. The number of hydrogen-bond donors (Lipinski definition) is 0. The lowest BCUT2D eigenvalue weighted by molar-refractivity contribution is -0.385. The predicted octanol–water partition coefficient (Wildman–Crippen LogP) is 2.06. The average Bonchev–Trinajstić information content (AvgIpc) is 3.10. The van der Waals surface area contributed by atoms with E-state index in [0.29, 0.717) is 38.3 Å². The van der Waals surface area contributed by atoms with Crippen LogP contribution in [0.4, 0.5) is 5.69 Å². The Morgan fingerprint density at radius 2 is 1.86 bits per heavy atom. The van der Waals surface area contributed by atoms with E-state index < -0.39 is 14.9 Å². The Labute approximate surface area is 168 Å². The summed E-state index contributed by atoms with van der Waals surface area (Å²) in [7, 11) is -3.78. The molecule has 0 radical (unpaired) electrons. The number of fused-ring (bicyclic) bond motifs is 1. The lowest BCUT2D eigenvalue weighted by Gasteiger charge is -2.33. The molecule has 0 N–H and O–H groups in total. The molecule has 1 fully saturated rings. The summed E-state index contributed by atoms with van der Waals surface area (Å²) in [6, 6.07) is 11.8. The van der Waals surface area contributed by atoms with Gasteiger partial charge in [0, 0.05) is 51.1 Å². The van der Waals surface area contributed by atoms with Gasteiger partial charge in [0.1, 0.15) is 0 Å². The summed E-state index contributed by atoms with van der Waals surface area (Å²) in [5.41, 5.74) is 2.23. The molecule has 0 bridgehead atoms. The molecule has 9 nitrogen and oxygen atoms in total. The van der Waals surface area contributed by atoms with Crippen LogP contribution in [-0.2, 0) is 16.6 Å². The fraction of sp³-hybridized carbons (Fsp3) is 0.316. The molecule has 2 aromatic heterocycles. The second kappa shape index (κ2) is 7.54. The number of nitro benzene ring substituents is 1. The lowest BCUT2D eigenvalue weighted by atomic mass is 10.2. The number of nitrogens with zero attached hydrogens (tertiary/aromatic N) is 5. The summed E-state index contributed by atoms with van der Waals surface area (Å²) >= 11 is 0. The van der Waals surface area contributed by atoms with Gasteiger partial charge in [-0.25, -0.2) is 12.9 Å². The minimum absolute atomic E-state index is 0.000464. The molecule has 3 heterocycles. The van der Waals surface area contributed by atoms with Crippen LogP contribution < -0.4 is 0 Å². The Hall–Kier alpha value is -2.82. The zero-order valence-corrected chi connectivity index (χ0v) is 16.7. The van der Waals surface area contributed by atoms with Crippen LogP contribution in [0.1, 0.15) is 11.3 Å². The van der Waals surface area contributed by atoms with Gasteiger partial charge >= 0.3 is 0 Å². The number of piperazine rings is 1. The zero-order valence-electron chi connectivity index (χ0n) is 15.9. The SMILES string of the molecule is Cc1ccc([N+](=O)[O-])cc1S(=O)(=O)N1CCN(Cc2cc3ccccn3n2)CC1. The Kier molecular flexibility index (Phi) is 5.07. The minimum atomic E-state index is -3.78. The third-order valence-corrected chi connectivity index (χ3v) is 7.18. The summed E-state index contributed by atoms with van der Waals surface area (Å²) in [5.74, 6) is 0. The Morgan fingerprint density at radius 1 is 1.10 bits per heavy atom. The summed E-state index contributed by atoms with van der Waals surface area (Å²) < 4.78 is 29.3. The van der Waals surface area contributed by atoms with Crippen LogP contribution in [0.2, 0.25) is 0 Å². The first-order valence-electron chi connectivity index (χ1n) is 9.25. The molecule has 3 aromatic rings. The quantitative estimate of drug-likeness (QED) is 0.467. The number of rotatable bonds is 5. The van der Waals surface area contributed by atoms with Crippen molar-refractivity contribution in [1.29, 1.82) is 0 Å². The molecule has 1 aromatic carbocycles. The number of sulfonamides is 1. The fourth-order valence-electron chi connectivity index (χ4n) is 3.54. The molecule has 152 valence electrons. The summed E-state index contributed by atoms with van der Waals surface area (Å²) in [5, 5.41) is 15.6. The number of aromatic nitrogens is 2. The van der Waals surface area contributed by atoms with Crippen LogP contribution in [-0.4, -0.2) is 58.3 Å². The molecule has 0 saturated carbocycles. The minimum Gasteiger partial charge on any atom is -0.295 e. The van der Waals surface area contributed by atoms with Gasteiger partial charge in [0.25, 0.3) is 5.69 Å². The zero-order chi connectivity index (χ0) is 20.6. The van der Waals surface area contributed by atoms with Crippen LogP contribution in [0, 0.1) is 17.0 Å². The molecule has 1 saturated heterocycles. The van der Waals surface area contributed by atoms with E-state index in [1.807, 2.05) is 35.0 Å². The van der Waals surface area contributed by atoms with E-state index in [0.717, 1.165) is 17.3 Å². The van der Waals surface area contributed by atoms with Crippen molar-refractivity contribution < 1.29 is 13.3 Å². The molecule has 0 aliphatic carbocycles. The molecule has 0 unspecified atom stereocenters. The average molecular weight is 415 g/mol. The van der Waals surface area contributed by atoms with E-state index in [1.54, 1.807) is 6.92 Å². The van der Waals surface area contributed by atoms with Gasteiger partial charge in [-0.05, 0) is 30.7 Å². The van der Waals surface area contributed by atoms with E-state index in [9.17, 15) is 18.5 Å². The first-order chi connectivity index (χ1) is 13.8. The van der Waals surface area contributed by atoms with Gasteiger partial charge in [-0.3, -0.25) is 15.0 Å². The summed E-state index contributed by atoms with van der Waals surface area (Å²) in [6.45, 7) is 4.10. The van der Waals surface area contributed by atoms with Crippen molar-refractivity contribution in [2.24, 2.45) is 0 Å². The van der Waals surface area contributed by atoms with Crippen LogP contribution in [0.15, 0.2) is 53.6 Å². The van der Waals surface area contributed by atoms with Crippen LogP contribution >= 0.6 is 0 Å². The van der Waals surface area contributed by atoms with Crippen molar-refractivity contribution in [2.45, 2.75) is 18.4 Å². The maximum absolute atomic E-state index is 13.0. The number of hydrogen-bond acceptors (Lipinski definition) is 6. The van der Waals surface area contributed by atoms with Gasteiger partial charge in [-0.2, -0.15) is 9.40 Å². The van der Waals surface area contributed by atoms with Crippen molar-refractivity contribution >= 4 is 21.2 Å². The van der Waals surface area contributed by atoms with Gasteiger partial charge < -0.3 is 0 Å². The largest absolute Gasteiger partial charge is 0.295 e. The van der Waals surface area contributed by atoms with Gasteiger partial charge in [-0.15, -0.1) is 0 Å². The third kappa shape index (κ3) is 3.86. The van der Waals surface area contributed by atoms with Crippen molar-refractivity contribution in [3.05, 3.63) is 70.0 Å². The molecule has 0 spiro atoms. The highest BCUT2D eigenvalue weighted by molar-refractivity contribution is 7.89. The van der Waals surface area contributed by atoms with Crippen LogP contribution in [0.5, 0.6) is 0 Å². The number of non-ortho nitro benzene ring substituents is 1. The number of aryl methyl sites for hydroxylation is 1. The molecule has 1 aliphatic rings. The molecular formula is C19H21N5O4S. The molecule has 0 amide bonds.